The number of amides is 1. The second-order valence-corrected chi connectivity index (χ2v) is 3.08. The Morgan fingerprint density at radius 2 is 2.18 bits per heavy atom. The quantitative estimate of drug-likeness (QED) is 0.548. The van der Waals surface area contributed by atoms with Crippen LogP contribution in [0, 0.1) is 0 Å². The summed E-state index contributed by atoms with van der Waals surface area (Å²) in [5.74, 6) is 0.212. The summed E-state index contributed by atoms with van der Waals surface area (Å²) in [6, 6.07) is 0.863. The number of carbonyl (C=O) groups excluding carboxylic acids is 1. The molecule has 0 radical (unpaired) electrons. The first-order valence-corrected chi connectivity index (χ1v) is 3.89. The molecule has 0 aromatic heterocycles. The third-order valence-corrected chi connectivity index (χ3v) is 2.34. The Bertz CT molecular complexity index is 147. The van der Waals surface area contributed by atoms with E-state index < -0.39 is 0 Å². The molecule has 4 heteroatoms. The van der Waals surface area contributed by atoms with Crippen molar-refractivity contribution in [2.24, 2.45) is 0 Å². The van der Waals surface area contributed by atoms with Crippen LogP contribution in [-0.2, 0) is 4.79 Å². The van der Waals surface area contributed by atoms with Crippen LogP contribution in [0.15, 0.2) is 0 Å². The van der Waals surface area contributed by atoms with Gasteiger partial charge in [0, 0.05) is 18.5 Å². The van der Waals surface area contributed by atoms with Gasteiger partial charge in [0.05, 0.1) is 0 Å². The standard InChI is InChI=1S/C7H12N2O.ClH/c10-7-4-6-5(9-7)2-1-3-8-6;/h5-6,8H,1-4H2,(H,9,10);1H/t5-,6-;/m0./s1. The van der Waals surface area contributed by atoms with Crippen LogP contribution < -0.4 is 10.6 Å². The molecule has 11 heavy (non-hydrogen) atoms. The van der Waals surface area contributed by atoms with Crippen molar-refractivity contribution in [1.82, 2.24) is 10.6 Å². The lowest BCUT2D eigenvalue weighted by molar-refractivity contribution is -0.119. The highest BCUT2D eigenvalue weighted by Crippen LogP contribution is 2.16. The lowest BCUT2D eigenvalue weighted by Gasteiger charge is -2.25. The highest BCUT2D eigenvalue weighted by Gasteiger charge is 2.33. The zero-order chi connectivity index (χ0) is 6.97. The van der Waals surface area contributed by atoms with Crippen molar-refractivity contribution in [1.29, 1.82) is 0 Å². The normalized spacial score (nSPS) is 35.5. The number of carbonyl (C=O) groups is 1. The number of hydrogen-bond acceptors (Lipinski definition) is 2. The van der Waals surface area contributed by atoms with Crippen molar-refractivity contribution < 1.29 is 4.79 Å². The third-order valence-electron chi connectivity index (χ3n) is 2.34. The summed E-state index contributed by atoms with van der Waals surface area (Å²) in [7, 11) is 0. The molecule has 2 fully saturated rings. The van der Waals surface area contributed by atoms with Gasteiger partial charge in [-0.1, -0.05) is 0 Å². The molecule has 0 aromatic rings. The van der Waals surface area contributed by atoms with Crippen molar-refractivity contribution in [3.8, 4) is 0 Å². The molecule has 2 aliphatic heterocycles. The molecule has 3 nitrogen and oxygen atoms in total. The molecule has 0 saturated carbocycles. The van der Waals surface area contributed by atoms with E-state index in [2.05, 4.69) is 10.6 Å². The lowest BCUT2D eigenvalue weighted by atomic mass is 10.0. The van der Waals surface area contributed by atoms with Gasteiger partial charge in [-0.15, -0.1) is 12.4 Å². The first kappa shape index (κ1) is 8.81. The maximum atomic E-state index is 10.9. The largest absolute Gasteiger partial charge is 0.352 e. The summed E-state index contributed by atoms with van der Waals surface area (Å²) in [6.07, 6.45) is 3.04. The molecule has 2 N–H and O–H groups in total. The van der Waals surface area contributed by atoms with Gasteiger partial charge in [-0.2, -0.15) is 0 Å². The highest BCUT2D eigenvalue weighted by atomic mass is 35.5. The van der Waals surface area contributed by atoms with Gasteiger partial charge in [0.25, 0.3) is 0 Å². The number of piperidine rings is 1. The summed E-state index contributed by atoms with van der Waals surface area (Å²) in [5.41, 5.74) is 0. The Kier molecular flexibility index (Phi) is 2.73. The van der Waals surface area contributed by atoms with E-state index in [1.54, 1.807) is 0 Å². The van der Waals surface area contributed by atoms with Crippen molar-refractivity contribution >= 4 is 18.3 Å². The minimum atomic E-state index is 0. The lowest BCUT2D eigenvalue weighted by Crippen LogP contribution is -2.45. The molecule has 0 aromatic carbocycles. The zero-order valence-corrected chi connectivity index (χ0v) is 7.12. The summed E-state index contributed by atoms with van der Waals surface area (Å²) in [5, 5.41) is 6.28. The Hall–Kier alpha value is -0.280. The smallest absolute Gasteiger partial charge is 0.221 e. The van der Waals surface area contributed by atoms with E-state index in [1.165, 1.54) is 6.42 Å². The van der Waals surface area contributed by atoms with Gasteiger partial charge in [-0.25, -0.2) is 0 Å². The van der Waals surface area contributed by atoms with E-state index in [9.17, 15) is 4.79 Å². The average molecular weight is 177 g/mol. The number of nitrogens with one attached hydrogen (secondary N) is 2. The van der Waals surface area contributed by atoms with Gasteiger partial charge in [-0.3, -0.25) is 4.79 Å². The van der Waals surface area contributed by atoms with Gasteiger partial charge in [0.2, 0.25) is 5.91 Å². The van der Waals surface area contributed by atoms with Gasteiger partial charge in [-0.05, 0) is 19.4 Å². The molecule has 2 atom stereocenters. The Morgan fingerprint density at radius 3 is 2.91 bits per heavy atom. The molecule has 0 unspecified atom stereocenters. The second-order valence-electron chi connectivity index (χ2n) is 3.08. The van der Waals surface area contributed by atoms with E-state index in [0.717, 1.165) is 13.0 Å². The average Bonchev–Trinajstić information content (AvgIpc) is 2.27. The predicted molar refractivity (Wildman–Crippen MR) is 44.8 cm³/mol. The predicted octanol–water partition coefficient (Wildman–Crippen LogP) is 0.0487. The van der Waals surface area contributed by atoms with E-state index in [1.807, 2.05) is 0 Å². The van der Waals surface area contributed by atoms with Crippen LogP contribution >= 0.6 is 12.4 Å². The van der Waals surface area contributed by atoms with Crippen LogP contribution in [0.25, 0.3) is 0 Å². The number of halogens is 1. The van der Waals surface area contributed by atoms with Crippen LogP contribution in [0.1, 0.15) is 19.3 Å². The molecule has 2 aliphatic rings. The fraction of sp³-hybridized carbons (Fsp3) is 0.857. The first-order chi connectivity index (χ1) is 4.86. The number of rotatable bonds is 0. The maximum Gasteiger partial charge on any atom is 0.221 e. The minimum absolute atomic E-state index is 0. The van der Waals surface area contributed by atoms with E-state index in [4.69, 9.17) is 0 Å². The van der Waals surface area contributed by atoms with E-state index >= 15 is 0 Å². The van der Waals surface area contributed by atoms with Gasteiger partial charge in [0.15, 0.2) is 0 Å². The summed E-state index contributed by atoms with van der Waals surface area (Å²) in [4.78, 5) is 10.9. The molecule has 0 bridgehead atoms. The highest BCUT2D eigenvalue weighted by molar-refractivity contribution is 5.85. The van der Waals surface area contributed by atoms with Crippen LogP contribution in [-0.4, -0.2) is 24.5 Å². The molecular formula is C7H13ClN2O. The molecular weight excluding hydrogens is 164 g/mol. The Labute approximate surface area is 72.3 Å². The van der Waals surface area contributed by atoms with Crippen molar-refractivity contribution in [3.63, 3.8) is 0 Å². The molecule has 0 aliphatic carbocycles. The minimum Gasteiger partial charge on any atom is -0.352 e. The summed E-state index contributed by atoms with van der Waals surface area (Å²) >= 11 is 0. The molecule has 2 heterocycles. The first-order valence-electron chi connectivity index (χ1n) is 3.89. The maximum absolute atomic E-state index is 10.9. The van der Waals surface area contributed by atoms with Gasteiger partial charge >= 0.3 is 0 Å². The number of fused-ring (bicyclic) bond motifs is 1. The molecule has 64 valence electrons. The van der Waals surface area contributed by atoms with Crippen molar-refractivity contribution in [2.45, 2.75) is 31.3 Å². The van der Waals surface area contributed by atoms with Gasteiger partial charge in [0.1, 0.15) is 0 Å². The number of hydrogen-bond donors (Lipinski definition) is 2. The Balaban J connectivity index is 0.000000605. The summed E-state index contributed by atoms with van der Waals surface area (Å²) in [6.45, 7) is 1.08. The van der Waals surface area contributed by atoms with Crippen LogP contribution in [0.2, 0.25) is 0 Å². The second kappa shape index (κ2) is 3.41. The SMILES string of the molecule is Cl.O=C1C[C@@H]2NCCC[C@@H]2N1. The topological polar surface area (TPSA) is 41.1 Å². The molecule has 2 saturated heterocycles. The monoisotopic (exact) mass is 176 g/mol. The van der Waals surface area contributed by atoms with E-state index in [-0.39, 0.29) is 18.3 Å². The summed E-state index contributed by atoms with van der Waals surface area (Å²) < 4.78 is 0. The Morgan fingerprint density at radius 1 is 1.36 bits per heavy atom. The third kappa shape index (κ3) is 1.65. The van der Waals surface area contributed by atoms with E-state index in [0.29, 0.717) is 18.5 Å². The van der Waals surface area contributed by atoms with Crippen LogP contribution in [0.3, 0.4) is 0 Å². The molecule has 2 rings (SSSR count). The fourth-order valence-corrected chi connectivity index (χ4v) is 1.81. The molecule has 1 amide bonds. The van der Waals surface area contributed by atoms with Crippen LogP contribution in [0.4, 0.5) is 0 Å². The fourth-order valence-electron chi connectivity index (χ4n) is 1.81. The van der Waals surface area contributed by atoms with Crippen molar-refractivity contribution in [2.75, 3.05) is 6.54 Å². The van der Waals surface area contributed by atoms with Crippen molar-refractivity contribution in [3.05, 3.63) is 0 Å². The zero-order valence-electron chi connectivity index (χ0n) is 6.30. The van der Waals surface area contributed by atoms with Crippen LogP contribution in [0.5, 0.6) is 0 Å². The molecule has 0 spiro atoms. The van der Waals surface area contributed by atoms with Gasteiger partial charge < -0.3 is 10.6 Å².